The number of anilines is 1. The first kappa shape index (κ1) is 14.3. The molecule has 1 aliphatic carbocycles. The summed E-state index contributed by atoms with van der Waals surface area (Å²) in [5.41, 5.74) is 0.901. The second-order valence-electron chi connectivity index (χ2n) is 5.46. The minimum Gasteiger partial charge on any atom is -0.481 e. The molecule has 106 valence electrons. The first-order chi connectivity index (χ1) is 9.08. The predicted molar refractivity (Wildman–Crippen MR) is 77.9 cm³/mol. The quantitative estimate of drug-likeness (QED) is 0.901. The topological polar surface area (TPSA) is 53.4 Å². The van der Waals surface area contributed by atoms with Crippen LogP contribution >= 0.6 is 11.3 Å². The van der Waals surface area contributed by atoms with Crippen LogP contribution in [0, 0.1) is 5.92 Å². The minimum absolute atomic E-state index is 0.159. The maximum absolute atomic E-state index is 10.6. The molecule has 1 aromatic rings. The van der Waals surface area contributed by atoms with Crippen molar-refractivity contribution in [3.8, 4) is 0 Å². The van der Waals surface area contributed by atoms with E-state index in [1.54, 1.807) is 11.3 Å². The van der Waals surface area contributed by atoms with Gasteiger partial charge in [0.05, 0.1) is 12.1 Å². The fourth-order valence-electron chi connectivity index (χ4n) is 2.82. The van der Waals surface area contributed by atoms with Crippen LogP contribution in [-0.4, -0.2) is 29.1 Å². The van der Waals surface area contributed by atoms with Gasteiger partial charge in [0, 0.05) is 24.9 Å². The van der Waals surface area contributed by atoms with E-state index >= 15 is 0 Å². The summed E-state index contributed by atoms with van der Waals surface area (Å²) in [6, 6.07) is 0.576. The number of nitrogens with zero attached hydrogens (tertiary/aromatic N) is 2. The Kier molecular flexibility index (Phi) is 4.80. The lowest BCUT2D eigenvalue weighted by molar-refractivity contribution is -0.136. The zero-order valence-electron chi connectivity index (χ0n) is 11.6. The summed E-state index contributed by atoms with van der Waals surface area (Å²) in [7, 11) is 2.12. The minimum atomic E-state index is -0.760. The summed E-state index contributed by atoms with van der Waals surface area (Å²) >= 11 is 1.63. The van der Waals surface area contributed by atoms with Crippen LogP contribution in [0.25, 0.3) is 0 Å². The third-order valence-corrected chi connectivity index (χ3v) is 4.98. The van der Waals surface area contributed by atoms with Gasteiger partial charge in [-0.25, -0.2) is 4.98 Å². The Morgan fingerprint density at radius 2 is 2.26 bits per heavy atom. The predicted octanol–water partition coefficient (Wildman–Crippen LogP) is 3.18. The van der Waals surface area contributed by atoms with Crippen molar-refractivity contribution in [2.24, 2.45) is 5.92 Å². The largest absolute Gasteiger partial charge is 0.481 e. The second-order valence-corrected chi connectivity index (χ2v) is 6.29. The summed E-state index contributed by atoms with van der Waals surface area (Å²) in [6.45, 7) is 2.32. The van der Waals surface area contributed by atoms with Crippen LogP contribution < -0.4 is 4.90 Å². The van der Waals surface area contributed by atoms with Crippen LogP contribution in [0.1, 0.15) is 44.7 Å². The molecule has 0 saturated heterocycles. The van der Waals surface area contributed by atoms with E-state index < -0.39 is 5.97 Å². The van der Waals surface area contributed by atoms with Crippen molar-refractivity contribution in [2.45, 2.75) is 51.5 Å². The second kappa shape index (κ2) is 6.37. The molecular weight excluding hydrogens is 260 g/mol. The zero-order valence-corrected chi connectivity index (χ0v) is 12.4. The van der Waals surface area contributed by atoms with Crippen LogP contribution in [0.5, 0.6) is 0 Å². The van der Waals surface area contributed by atoms with Crippen LogP contribution in [0.3, 0.4) is 0 Å². The van der Waals surface area contributed by atoms with Crippen molar-refractivity contribution >= 4 is 22.4 Å². The van der Waals surface area contributed by atoms with Crippen molar-refractivity contribution in [1.29, 1.82) is 0 Å². The van der Waals surface area contributed by atoms with Crippen LogP contribution in [-0.2, 0) is 11.2 Å². The summed E-state index contributed by atoms with van der Waals surface area (Å²) in [5.74, 6) is -0.0473. The zero-order chi connectivity index (χ0) is 13.8. The average molecular weight is 282 g/mol. The fraction of sp³-hybridized carbons (Fsp3) is 0.714. The number of hydrogen-bond acceptors (Lipinski definition) is 4. The van der Waals surface area contributed by atoms with Crippen LogP contribution in [0.15, 0.2) is 5.38 Å². The Balaban J connectivity index is 1.98. The number of aryl methyl sites for hydroxylation is 1. The maximum Gasteiger partial charge on any atom is 0.303 e. The molecule has 2 unspecified atom stereocenters. The molecule has 0 aromatic carbocycles. The van der Waals surface area contributed by atoms with E-state index in [9.17, 15) is 4.79 Å². The smallest absolute Gasteiger partial charge is 0.303 e. The summed E-state index contributed by atoms with van der Waals surface area (Å²) in [4.78, 5) is 17.4. The van der Waals surface area contributed by atoms with E-state index in [0.29, 0.717) is 18.4 Å². The molecule has 2 rings (SSSR count). The van der Waals surface area contributed by atoms with Crippen molar-refractivity contribution < 1.29 is 9.90 Å². The highest BCUT2D eigenvalue weighted by Crippen LogP contribution is 2.31. The summed E-state index contributed by atoms with van der Waals surface area (Å²) in [5, 5.41) is 11.7. The van der Waals surface area contributed by atoms with Crippen LogP contribution in [0.2, 0.25) is 0 Å². The number of carboxylic acid groups (broad SMARTS) is 1. The number of carbonyl (C=O) groups is 1. The van der Waals surface area contributed by atoms with Gasteiger partial charge in [-0.05, 0) is 18.8 Å². The Labute approximate surface area is 118 Å². The molecular formula is C14H22N2O2S. The van der Waals surface area contributed by atoms with Crippen molar-refractivity contribution in [2.75, 3.05) is 11.9 Å². The highest BCUT2D eigenvalue weighted by atomic mass is 32.1. The van der Waals surface area contributed by atoms with Gasteiger partial charge in [-0.2, -0.15) is 0 Å². The van der Waals surface area contributed by atoms with E-state index in [-0.39, 0.29) is 6.42 Å². The molecule has 1 N–H and O–H groups in total. The van der Waals surface area contributed by atoms with E-state index in [0.717, 1.165) is 10.8 Å². The average Bonchev–Trinajstić information content (AvgIpc) is 2.85. The molecule has 0 bridgehead atoms. The Bertz CT molecular complexity index is 433. The van der Waals surface area contributed by atoms with E-state index in [1.165, 1.54) is 25.7 Å². The first-order valence-electron chi connectivity index (χ1n) is 6.97. The lowest BCUT2D eigenvalue weighted by atomic mass is 9.85. The Morgan fingerprint density at radius 1 is 1.53 bits per heavy atom. The van der Waals surface area contributed by atoms with Gasteiger partial charge in [-0.3, -0.25) is 4.79 Å². The monoisotopic (exact) mass is 282 g/mol. The van der Waals surface area contributed by atoms with E-state index in [4.69, 9.17) is 5.11 Å². The molecule has 1 saturated carbocycles. The normalized spacial score (nSPS) is 23.3. The van der Waals surface area contributed by atoms with Gasteiger partial charge in [0.25, 0.3) is 0 Å². The number of hydrogen-bond donors (Lipinski definition) is 1. The van der Waals surface area contributed by atoms with Crippen molar-refractivity contribution in [3.63, 3.8) is 0 Å². The molecule has 0 amide bonds. The van der Waals surface area contributed by atoms with Crippen LogP contribution in [0.4, 0.5) is 5.13 Å². The highest BCUT2D eigenvalue weighted by Gasteiger charge is 2.26. The molecule has 0 radical (unpaired) electrons. The molecule has 1 aromatic heterocycles. The van der Waals surface area contributed by atoms with Crippen molar-refractivity contribution in [1.82, 2.24) is 4.98 Å². The molecule has 1 aliphatic rings. The standard InChI is InChI=1S/C14H22N2O2S/c1-10-5-3-4-6-12(10)16(2)14-15-11(9-19-14)7-8-13(17)18/h9-10,12H,3-8H2,1-2H3,(H,17,18). The third-order valence-electron chi connectivity index (χ3n) is 4.00. The van der Waals surface area contributed by atoms with E-state index in [2.05, 4.69) is 23.9 Å². The molecule has 5 heteroatoms. The lowest BCUT2D eigenvalue weighted by Crippen LogP contribution is -2.38. The number of carboxylic acids is 1. The van der Waals surface area contributed by atoms with Gasteiger partial charge in [-0.15, -0.1) is 11.3 Å². The summed E-state index contributed by atoms with van der Waals surface area (Å²) < 4.78 is 0. The molecule has 19 heavy (non-hydrogen) atoms. The molecule has 2 atom stereocenters. The number of aromatic nitrogens is 1. The van der Waals surface area contributed by atoms with E-state index in [1.807, 2.05) is 5.38 Å². The summed E-state index contributed by atoms with van der Waals surface area (Å²) in [6.07, 6.45) is 5.87. The molecule has 0 spiro atoms. The molecule has 4 nitrogen and oxygen atoms in total. The maximum atomic E-state index is 10.6. The number of thiazole rings is 1. The van der Waals surface area contributed by atoms with Gasteiger partial charge in [0.2, 0.25) is 0 Å². The molecule has 0 aliphatic heterocycles. The third kappa shape index (κ3) is 3.69. The SMILES string of the molecule is CC1CCCCC1N(C)c1nc(CCC(=O)O)cs1. The van der Waals surface area contributed by atoms with Gasteiger partial charge in [0.1, 0.15) is 0 Å². The molecule has 1 heterocycles. The van der Waals surface area contributed by atoms with Gasteiger partial charge < -0.3 is 10.0 Å². The number of aliphatic carboxylic acids is 1. The Morgan fingerprint density at radius 3 is 2.95 bits per heavy atom. The number of rotatable bonds is 5. The highest BCUT2D eigenvalue weighted by molar-refractivity contribution is 7.13. The molecule has 1 fully saturated rings. The lowest BCUT2D eigenvalue weighted by Gasteiger charge is -2.36. The van der Waals surface area contributed by atoms with Crippen molar-refractivity contribution in [3.05, 3.63) is 11.1 Å². The first-order valence-corrected chi connectivity index (χ1v) is 7.85. The Hall–Kier alpha value is -1.10. The fourth-order valence-corrected chi connectivity index (χ4v) is 3.71. The van der Waals surface area contributed by atoms with Gasteiger partial charge in [-0.1, -0.05) is 19.8 Å². The van der Waals surface area contributed by atoms with Gasteiger partial charge >= 0.3 is 5.97 Å². The van der Waals surface area contributed by atoms with Gasteiger partial charge in [0.15, 0.2) is 5.13 Å².